The van der Waals surface area contributed by atoms with E-state index in [1.807, 2.05) is 30.3 Å². The maximum absolute atomic E-state index is 10.5. The first kappa shape index (κ1) is 28.4. The Kier molecular flexibility index (Phi) is 6.61. The Morgan fingerprint density at radius 2 is 1.14 bits per heavy atom. The summed E-state index contributed by atoms with van der Waals surface area (Å²) in [5, 5.41) is 24.0. The Morgan fingerprint density at radius 3 is 1.84 bits per heavy atom. The maximum Gasteiger partial charge on any atom is 0.103 e. The maximum atomic E-state index is 10.5. The van der Waals surface area contributed by atoms with Crippen LogP contribution in [0.15, 0.2) is 146 Å². The number of fused-ring (bicyclic) bond motifs is 6. The molecule has 0 atom stereocenters. The summed E-state index contributed by atoms with van der Waals surface area (Å²) < 4.78 is 4.49. The topological polar surface area (TPSA) is 57.4 Å². The smallest absolute Gasteiger partial charge is 0.103 e. The van der Waals surface area contributed by atoms with Crippen molar-refractivity contribution in [2.75, 3.05) is 0 Å². The molecule has 6 aromatic carbocycles. The molecule has 4 heteroatoms. The Bertz CT molecular complexity index is 2700. The predicted octanol–water partition coefficient (Wildman–Crippen LogP) is 11.2. The number of para-hydroxylation sites is 3. The van der Waals surface area contributed by atoms with Crippen LogP contribution in [0.2, 0.25) is 0 Å². The molecule has 0 radical (unpaired) electrons. The summed E-state index contributed by atoms with van der Waals surface area (Å²) in [6.45, 7) is 0. The number of hydrogen-bond acceptors (Lipinski definition) is 2. The van der Waals surface area contributed by atoms with Crippen LogP contribution >= 0.6 is 0 Å². The first-order valence-electron chi connectivity index (χ1n) is 16.4. The van der Waals surface area contributed by atoms with Crippen molar-refractivity contribution >= 4 is 44.9 Å². The molecular weight excluding hydrogens is 597 g/mol. The molecule has 0 spiro atoms. The summed E-state index contributed by atoms with van der Waals surface area (Å²) in [5.74, 6) is 0. The molecule has 228 valence electrons. The van der Waals surface area contributed by atoms with Gasteiger partial charge in [-0.3, -0.25) is 0 Å². The van der Waals surface area contributed by atoms with E-state index in [0.29, 0.717) is 16.8 Å². The predicted molar refractivity (Wildman–Crippen MR) is 201 cm³/mol. The van der Waals surface area contributed by atoms with Gasteiger partial charge in [0.1, 0.15) is 12.1 Å². The number of aromatic nitrogens is 2. The lowest BCUT2D eigenvalue weighted by atomic mass is 9.94. The van der Waals surface area contributed by atoms with Crippen LogP contribution in [0, 0.1) is 22.7 Å². The average Bonchev–Trinajstić information content (AvgIpc) is 3.54. The number of allylic oxidation sites excluding steroid dienone is 2. The lowest BCUT2D eigenvalue weighted by Gasteiger charge is -2.17. The molecule has 9 rings (SSSR count). The van der Waals surface area contributed by atoms with E-state index in [0.717, 1.165) is 56.2 Å². The molecule has 0 fully saturated rings. The molecule has 1 aliphatic carbocycles. The van der Waals surface area contributed by atoms with Crippen LogP contribution in [0.25, 0.3) is 78.5 Å². The normalized spacial score (nSPS) is 12.2. The van der Waals surface area contributed by atoms with Crippen molar-refractivity contribution in [1.82, 2.24) is 9.13 Å². The van der Waals surface area contributed by atoms with Gasteiger partial charge in [-0.25, -0.2) is 0 Å². The van der Waals surface area contributed by atoms with Crippen LogP contribution in [0.1, 0.15) is 28.8 Å². The number of nitrogens with zero attached hydrogens (tertiary/aromatic N) is 4. The second-order valence-electron chi connectivity index (χ2n) is 12.3. The minimum absolute atomic E-state index is 0.357. The van der Waals surface area contributed by atoms with Gasteiger partial charge in [-0.15, -0.1) is 0 Å². The molecule has 4 nitrogen and oxygen atoms in total. The fourth-order valence-electron chi connectivity index (χ4n) is 7.44. The van der Waals surface area contributed by atoms with Crippen LogP contribution in [0.3, 0.4) is 0 Å². The van der Waals surface area contributed by atoms with Crippen molar-refractivity contribution in [1.29, 1.82) is 10.5 Å². The van der Waals surface area contributed by atoms with E-state index in [-0.39, 0.29) is 0 Å². The summed E-state index contributed by atoms with van der Waals surface area (Å²) in [6.07, 6.45) is 9.82. The molecule has 0 saturated heterocycles. The van der Waals surface area contributed by atoms with E-state index < -0.39 is 0 Å². The molecule has 0 amide bonds. The van der Waals surface area contributed by atoms with Gasteiger partial charge >= 0.3 is 0 Å². The van der Waals surface area contributed by atoms with E-state index in [1.165, 1.54) is 22.2 Å². The van der Waals surface area contributed by atoms with Gasteiger partial charge in [0.15, 0.2) is 0 Å². The summed E-state index contributed by atoms with van der Waals surface area (Å²) in [4.78, 5) is 0. The fraction of sp³-hybridized carbons (Fsp3) is 0.0222. The monoisotopic (exact) mass is 624 g/mol. The average molecular weight is 625 g/mol. The molecule has 2 heterocycles. The summed E-state index contributed by atoms with van der Waals surface area (Å²) in [5.41, 5.74) is 12.2. The zero-order chi connectivity index (χ0) is 32.9. The quantitative estimate of drug-likeness (QED) is 0.196. The van der Waals surface area contributed by atoms with Gasteiger partial charge in [-0.05, 0) is 71.7 Å². The van der Waals surface area contributed by atoms with Gasteiger partial charge in [0.25, 0.3) is 0 Å². The van der Waals surface area contributed by atoms with Gasteiger partial charge in [-0.1, -0.05) is 109 Å². The van der Waals surface area contributed by atoms with E-state index in [1.54, 1.807) is 6.07 Å². The van der Waals surface area contributed by atoms with E-state index in [4.69, 9.17) is 0 Å². The van der Waals surface area contributed by atoms with Crippen LogP contribution in [-0.4, -0.2) is 9.13 Å². The second-order valence-corrected chi connectivity index (χ2v) is 12.3. The van der Waals surface area contributed by atoms with Gasteiger partial charge in [-0.2, -0.15) is 10.5 Å². The number of nitriles is 2. The van der Waals surface area contributed by atoms with Crippen LogP contribution in [0.5, 0.6) is 0 Å². The fourth-order valence-corrected chi connectivity index (χ4v) is 7.44. The molecule has 0 aliphatic heterocycles. The molecule has 1 aliphatic rings. The zero-order valence-electron chi connectivity index (χ0n) is 26.5. The van der Waals surface area contributed by atoms with Gasteiger partial charge in [0.05, 0.1) is 39.1 Å². The SMILES string of the molecule is N#Cc1ccc(-c2cccc(-c3ccc(-n4c5c(c6ccccc64)C=CCC=C5)cc3)c2)c(-n2c3ccccc3c3ccccc32)c1C#N. The van der Waals surface area contributed by atoms with Crippen molar-refractivity contribution in [3.8, 4) is 45.8 Å². The highest BCUT2D eigenvalue weighted by Crippen LogP contribution is 2.40. The molecule has 0 N–H and O–H groups in total. The van der Waals surface area contributed by atoms with E-state index in [9.17, 15) is 10.5 Å². The third-order valence-electron chi connectivity index (χ3n) is 9.63. The van der Waals surface area contributed by atoms with Crippen molar-refractivity contribution in [3.63, 3.8) is 0 Å². The van der Waals surface area contributed by atoms with Crippen LogP contribution < -0.4 is 0 Å². The Labute approximate surface area is 283 Å². The first-order chi connectivity index (χ1) is 24.2. The second kappa shape index (κ2) is 11.4. The highest BCUT2D eigenvalue weighted by molar-refractivity contribution is 6.10. The number of rotatable bonds is 4. The van der Waals surface area contributed by atoms with Crippen LogP contribution in [-0.2, 0) is 0 Å². The van der Waals surface area contributed by atoms with Crippen LogP contribution in [0.4, 0.5) is 0 Å². The summed E-state index contributed by atoms with van der Waals surface area (Å²) in [7, 11) is 0. The largest absolute Gasteiger partial charge is 0.309 e. The number of benzene rings is 6. The Morgan fingerprint density at radius 1 is 0.510 bits per heavy atom. The third kappa shape index (κ3) is 4.43. The minimum atomic E-state index is 0.357. The molecular formula is C45H28N4. The first-order valence-corrected chi connectivity index (χ1v) is 16.4. The highest BCUT2D eigenvalue weighted by atomic mass is 15.0. The third-order valence-corrected chi connectivity index (χ3v) is 9.63. The van der Waals surface area contributed by atoms with Gasteiger partial charge in [0, 0.05) is 33.0 Å². The summed E-state index contributed by atoms with van der Waals surface area (Å²) in [6, 6.07) is 50.7. The molecule has 8 aromatic rings. The minimum Gasteiger partial charge on any atom is -0.309 e. The standard InChI is InChI=1S/C45H28N4/c46-28-33-23-26-35(45(40(33)29-47)49-43-19-8-5-15-38(43)39-16-6-9-20-44(39)49)32-12-10-11-31(27-32)30-21-24-34(25-22-30)48-41-17-3-1-2-13-36(41)37-14-4-7-18-42(37)48/h2-27H,1H2. The molecule has 0 unspecified atom stereocenters. The van der Waals surface area contributed by atoms with Crippen molar-refractivity contribution < 1.29 is 0 Å². The lowest BCUT2D eigenvalue weighted by molar-refractivity contribution is 1.11. The van der Waals surface area contributed by atoms with E-state index in [2.05, 4.69) is 143 Å². The van der Waals surface area contributed by atoms with Crippen molar-refractivity contribution in [3.05, 3.63) is 168 Å². The zero-order valence-corrected chi connectivity index (χ0v) is 26.5. The van der Waals surface area contributed by atoms with Gasteiger partial charge < -0.3 is 9.13 Å². The molecule has 2 aromatic heterocycles. The Hall–Kier alpha value is -6.88. The van der Waals surface area contributed by atoms with Crippen molar-refractivity contribution in [2.45, 2.75) is 6.42 Å². The number of hydrogen-bond donors (Lipinski definition) is 0. The molecule has 0 saturated carbocycles. The molecule has 49 heavy (non-hydrogen) atoms. The van der Waals surface area contributed by atoms with Gasteiger partial charge in [0.2, 0.25) is 0 Å². The Balaban J connectivity index is 1.20. The molecule has 0 bridgehead atoms. The van der Waals surface area contributed by atoms with Crippen molar-refractivity contribution in [2.24, 2.45) is 0 Å². The lowest BCUT2D eigenvalue weighted by Crippen LogP contribution is -2.03. The van der Waals surface area contributed by atoms with E-state index >= 15 is 0 Å². The highest BCUT2D eigenvalue weighted by Gasteiger charge is 2.22. The summed E-state index contributed by atoms with van der Waals surface area (Å²) >= 11 is 0.